The lowest BCUT2D eigenvalue weighted by molar-refractivity contribution is -0.116. The van der Waals surface area contributed by atoms with Gasteiger partial charge in [-0.2, -0.15) is 0 Å². The van der Waals surface area contributed by atoms with Gasteiger partial charge in [-0.15, -0.1) is 0 Å². The summed E-state index contributed by atoms with van der Waals surface area (Å²) in [4.78, 5) is 12.3. The summed E-state index contributed by atoms with van der Waals surface area (Å²) in [5, 5.41) is 6.69. The number of sulfone groups is 1. The monoisotopic (exact) mass is 428 g/mol. The molecular formula is C22H24N2O5S. The van der Waals surface area contributed by atoms with E-state index >= 15 is 0 Å². The van der Waals surface area contributed by atoms with Crippen molar-refractivity contribution in [1.29, 1.82) is 0 Å². The van der Waals surface area contributed by atoms with Gasteiger partial charge in [0.2, 0.25) is 11.8 Å². The van der Waals surface area contributed by atoms with Crippen LogP contribution in [0, 0.1) is 0 Å². The Bertz CT molecular complexity index is 1090. The van der Waals surface area contributed by atoms with Crippen LogP contribution in [0.5, 0.6) is 5.75 Å². The van der Waals surface area contributed by atoms with Crippen LogP contribution in [0.2, 0.25) is 0 Å². The van der Waals surface area contributed by atoms with Crippen LogP contribution in [0.4, 0.5) is 5.88 Å². The zero-order chi connectivity index (χ0) is 21.6. The zero-order valence-corrected chi connectivity index (χ0v) is 17.7. The first kappa shape index (κ1) is 21.6. The molecule has 0 fully saturated rings. The lowest BCUT2D eigenvalue weighted by Gasteiger charge is -2.06. The van der Waals surface area contributed by atoms with Gasteiger partial charge < -0.3 is 9.26 Å². The quantitative estimate of drug-likeness (QED) is 0.515. The van der Waals surface area contributed by atoms with Crippen LogP contribution in [0.3, 0.4) is 0 Å². The molecule has 30 heavy (non-hydrogen) atoms. The van der Waals surface area contributed by atoms with Crippen molar-refractivity contribution in [2.45, 2.75) is 31.1 Å². The first-order chi connectivity index (χ1) is 14.3. The van der Waals surface area contributed by atoms with E-state index in [-0.39, 0.29) is 17.2 Å². The fraction of sp³-hybridized carbons (Fsp3) is 0.273. The molecule has 3 rings (SSSR count). The van der Waals surface area contributed by atoms with E-state index in [1.54, 1.807) is 18.2 Å². The lowest BCUT2D eigenvalue weighted by atomic mass is 10.1. The fourth-order valence-corrected chi connectivity index (χ4v) is 3.42. The van der Waals surface area contributed by atoms with Crippen LogP contribution >= 0.6 is 0 Å². The number of nitrogens with one attached hydrogen (secondary N) is 1. The molecule has 0 aliphatic carbocycles. The highest BCUT2D eigenvalue weighted by Crippen LogP contribution is 2.22. The third-order valence-corrected chi connectivity index (χ3v) is 5.63. The summed E-state index contributed by atoms with van der Waals surface area (Å²) < 4.78 is 33.6. The molecule has 2 aromatic carbocycles. The summed E-state index contributed by atoms with van der Waals surface area (Å²) in [5.74, 6) is 0.652. The van der Waals surface area contributed by atoms with Crippen molar-refractivity contribution in [2.24, 2.45) is 0 Å². The number of amides is 1. The number of carbonyl (C=O) groups is 1. The first-order valence-corrected chi connectivity index (χ1v) is 11.5. The highest BCUT2D eigenvalue weighted by atomic mass is 32.2. The van der Waals surface area contributed by atoms with Crippen LogP contribution in [0.25, 0.3) is 11.3 Å². The minimum atomic E-state index is -3.23. The molecule has 0 aliphatic rings. The van der Waals surface area contributed by atoms with Gasteiger partial charge in [-0.1, -0.05) is 36.3 Å². The molecule has 0 radical (unpaired) electrons. The molecule has 1 N–H and O–H groups in total. The summed E-state index contributed by atoms with van der Waals surface area (Å²) in [7, 11) is -3.23. The van der Waals surface area contributed by atoms with Gasteiger partial charge in [-0.25, -0.2) is 8.42 Å². The van der Waals surface area contributed by atoms with E-state index in [2.05, 4.69) is 17.4 Å². The molecule has 0 saturated heterocycles. The van der Waals surface area contributed by atoms with Gasteiger partial charge in [-0.05, 0) is 42.7 Å². The zero-order valence-electron chi connectivity index (χ0n) is 16.9. The van der Waals surface area contributed by atoms with Crippen molar-refractivity contribution < 1.29 is 22.5 Å². The highest BCUT2D eigenvalue weighted by Gasteiger charge is 2.10. The standard InChI is InChI=1S/C22H24N2O5S/c1-3-16-6-8-17(9-7-16)20-15-22(29-24-20)23-21(25)5-4-14-28-18-10-12-19(13-11-18)30(2,26)27/h6-13,15H,3-5,14H2,1-2H3,(H,23,25). The number of hydrogen-bond acceptors (Lipinski definition) is 6. The fourth-order valence-electron chi connectivity index (χ4n) is 2.79. The second kappa shape index (κ2) is 9.58. The van der Waals surface area contributed by atoms with Crippen molar-refractivity contribution in [3.63, 3.8) is 0 Å². The van der Waals surface area contributed by atoms with Crippen LogP contribution in [-0.2, 0) is 21.1 Å². The normalized spacial score (nSPS) is 11.3. The smallest absolute Gasteiger partial charge is 0.231 e. The molecule has 1 heterocycles. The van der Waals surface area contributed by atoms with Gasteiger partial charge in [0.15, 0.2) is 9.84 Å². The number of carbonyl (C=O) groups excluding carboxylic acids is 1. The Balaban J connectivity index is 1.43. The average Bonchev–Trinajstić information content (AvgIpc) is 3.19. The molecule has 158 valence electrons. The van der Waals surface area contributed by atoms with E-state index in [0.29, 0.717) is 30.4 Å². The number of aromatic nitrogens is 1. The number of anilines is 1. The maximum absolute atomic E-state index is 12.1. The van der Waals surface area contributed by atoms with Crippen LogP contribution < -0.4 is 10.1 Å². The predicted octanol–water partition coefficient (Wildman–Crippen LogP) is 4.11. The summed E-state index contributed by atoms with van der Waals surface area (Å²) in [6.45, 7) is 2.43. The van der Waals surface area contributed by atoms with E-state index < -0.39 is 9.84 Å². The maximum Gasteiger partial charge on any atom is 0.231 e. The molecule has 1 aromatic heterocycles. The SMILES string of the molecule is CCc1ccc(-c2cc(NC(=O)CCCOc3ccc(S(C)(=O)=O)cc3)on2)cc1. The van der Waals surface area contributed by atoms with Gasteiger partial charge in [0.1, 0.15) is 11.4 Å². The third kappa shape index (κ3) is 5.93. The Hall–Kier alpha value is -3.13. The van der Waals surface area contributed by atoms with Gasteiger partial charge in [0, 0.05) is 24.3 Å². The van der Waals surface area contributed by atoms with Gasteiger partial charge in [0.05, 0.1) is 11.5 Å². The molecule has 3 aromatic rings. The number of benzene rings is 2. The number of nitrogens with zero attached hydrogens (tertiary/aromatic N) is 1. The highest BCUT2D eigenvalue weighted by molar-refractivity contribution is 7.90. The Morgan fingerprint density at radius 3 is 2.43 bits per heavy atom. The number of hydrogen-bond donors (Lipinski definition) is 1. The lowest BCUT2D eigenvalue weighted by Crippen LogP contribution is -2.12. The topological polar surface area (TPSA) is 98.5 Å². The Morgan fingerprint density at radius 1 is 1.10 bits per heavy atom. The van der Waals surface area contributed by atoms with E-state index in [1.165, 1.54) is 17.7 Å². The van der Waals surface area contributed by atoms with Crippen LogP contribution in [-0.4, -0.2) is 32.3 Å². The average molecular weight is 429 g/mol. The van der Waals surface area contributed by atoms with E-state index in [0.717, 1.165) is 18.2 Å². The molecule has 0 saturated carbocycles. The van der Waals surface area contributed by atoms with E-state index in [4.69, 9.17) is 9.26 Å². The molecule has 0 unspecified atom stereocenters. The summed E-state index contributed by atoms with van der Waals surface area (Å²) in [6.07, 6.45) is 2.87. The minimum absolute atomic E-state index is 0.199. The van der Waals surface area contributed by atoms with Crippen LogP contribution in [0.15, 0.2) is 64.0 Å². The Labute approximate surface area is 176 Å². The molecule has 0 aliphatic heterocycles. The van der Waals surface area contributed by atoms with Gasteiger partial charge >= 0.3 is 0 Å². The molecule has 0 atom stereocenters. The van der Waals surface area contributed by atoms with Crippen molar-refractivity contribution in [2.75, 3.05) is 18.2 Å². The van der Waals surface area contributed by atoms with Crippen molar-refractivity contribution in [3.05, 3.63) is 60.2 Å². The minimum Gasteiger partial charge on any atom is -0.494 e. The van der Waals surface area contributed by atoms with E-state index in [9.17, 15) is 13.2 Å². The number of aryl methyl sites for hydroxylation is 1. The van der Waals surface area contributed by atoms with Crippen LogP contribution in [0.1, 0.15) is 25.3 Å². The molecule has 1 amide bonds. The second-order valence-corrected chi connectivity index (χ2v) is 8.89. The second-order valence-electron chi connectivity index (χ2n) is 6.87. The predicted molar refractivity (Wildman–Crippen MR) is 114 cm³/mol. The molecule has 7 nitrogen and oxygen atoms in total. The molecule has 0 bridgehead atoms. The first-order valence-electron chi connectivity index (χ1n) is 9.64. The van der Waals surface area contributed by atoms with Crippen molar-refractivity contribution in [3.8, 4) is 17.0 Å². The third-order valence-electron chi connectivity index (χ3n) is 4.50. The van der Waals surface area contributed by atoms with Gasteiger partial charge in [0.25, 0.3) is 0 Å². The van der Waals surface area contributed by atoms with Crippen molar-refractivity contribution in [1.82, 2.24) is 5.16 Å². The summed E-state index contributed by atoms with van der Waals surface area (Å²) in [6, 6.07) is 15.9. The number of ether oxygens (including phenoxy) is 1. The van der Waals surface area contributed by atoms with Crippen molar-refractivity contribution >= 4 is 21.6 Å². The maximum atomic E-state index is 12.1. The molecule has 0 spiro atoms. The summed E-state index contributed by atoms with van der Waals surface area (Å²) >= 11 is 0. The molecule has 8 heteroatoms. The summed E-state index contributed by atoms with van der Waals surface area (Å²) in [5.41, 5.74) is 2.82. The Kier molecular flexibility index (Phi) is 6.89. The van der Waals surface area contributed by atoms with Gasteiger partial charge in [-0.3, -0.25) is 10.1 Å². The number of rotatable bonds is 9. The molecular weight excluding hydrogens is 404 g/mol. The largest absolute Gasteiger partial charge is 0.494 e. The Morgan fingerprint density at radius 2 is 1.80 bits per heavy atom. The van der Waals surface area contributed by atoms with E-state index in [1.807, 2.05) is 24.3 Å².